The quantitative estimate of drug-likeness (QED) is 0.772. The van der Waals surface area contributed by atoms with Gasteiger partial charge in [-0.2, -0.15) is 0 Å². The fraction of sp³-hybridized carbons (Fsp3) is 0.333. The normalized spacial score (nSPS) is 14.0. The Balaban J connectivity index is 1.74. The molecule has 2 N–H and O–H groups in total. The monoisotopic (exact) mass is 400 g/mol. The molecule has 7 heteroatoms. The highest BCUT2D eigenvalue weighted by molar-refractivity contribution is 7.92. The molecule has 3 rings (SSSR count). The van der Waals surface area contributed by atoms with Crippen LogP contribution in [0.25, 0.3) is 0 Å². The summed E-state index contributed by atoms with van der Waals surface area (Å²) in [5, 5.41) is 5.16. The number of hydrogen-bond donors (Lipinski definition) is 2. The number of carbonyl (C=O) groups excluding carboxylic acids is 2. The first-order valence-corrected chi connectivity index (χ1v) is 10.8. The van der Waals surface area contributed by atoms with E-state index in [1.54, 1.807) is 26.0 Å². The van der Waals surface area contributed by atoms with E-state index in [-0.39, 0.29) is 22.6 Å². The van der Waals surface area contributed by atoms with E-state index >= 15 is 0 Å². The number of sulfone groups is 1. The molecule has 2 aromatic rings. The second-order valence-corrected chi connectivity index (χ2v) is 9.87. The summed E-state index contributed by atoms with van der Waals surface area (Å²) in [6.45, 7) is 5.10. The molecule has 2 aromatic carbocycles. The third-order valence-corrected chi connectivity index (χ3v) is 6.94. The number of carbonyl (C=O) groups is 2. The predicted octanol–water partition coefficient (Wildman–Crippen LogP) is 3.78. The average molecular weight is 401 g/mol. The molecule has 0 bridgehead atoms. The van der Waals surface area contributed by atoms with Crippen molar-refractivity contribution in [1.82, 2.24) is 0 Å². The number of nitrogens with one attached hydrogen (secondary N) is 2. The number of amides is 2. The molecule has 1 fully saturated rings. The molecule has 148 valence electrons. The number of benzene rings is 2. The van der Waals surface area contributed by atoms with Crippen molar-refractivity contribution in [3.63, 3.8) is 0 Å². The van der Waals surface area contributed by atoms with E-state index in [9.17, 15) is 18.0 Å². The van der Waals surface area contributed by atoms with Crippen LogP contribution in [-0.2, 0) is 14.6 Å². The largest absolute Gasteiger partial charge is 0.326 e. The van der Waals surface area contributed by atoms with Crippen molar-refractivity contribution >= 4 is 33.0 Å². The lowest BCUT2D eigenvalue weighted by Gasteiger charge is -2.12. The van der Waals surface area contributed by atoms with Crippen LogP contribution >= 0.6 is 0 Å². The third-order valence-electron chi connectivity index (χ3n) is 4.77. The van der Waals surface area contributed by atoms with E-state index in [2.05, 4.69) is 10.6 Å². The maximum absolute atomic E-state index is 12.6. The highest BCUT2D eigenvalue weighted by Crippen LogP contribution is 2.31. The van der Waals surface area contributed by atoms with E-state index in [0.29, 0.717) is 16.9 Å². The minimum Gasteiger partial charge on any atom is -0.326 e. The van der Waals surface area contributed by atoms with Crippen LogP contribution in [0.5, 0.6) is 0 Å². The Morgan fingerprint density at radius 1 is 1.00 bits per heavy atom. The summed E-state index contributed by atoms with van der Waals surface area (Å²) in [5.74, 6) is -0.245. The van der Waals surface area contributed by atoms with Crippen molar-refractivity contribution in [3.05, 3.63) is 53.6 Å². The first-order valence-electron chi connectivity index (χ1n) is 9.25. The van der Waals surface area contributed by atoms with Gasteiger partial charge in [0.05, 0.1) is 10.1 Å². The lowest BCUT2D eigenvalue weighted by atomic mass is 10.1. The minimum atomic E-state index is -3.38. The standard InChI is InChI=1S/C21H24N2O4S/c1-13(2)28(26,27)18-10-7-16(8-11-18)21(25)23-19-12-17(9-4-14(19)3)22-20(24)15-5-6-15/h4,7-13,15H,5-6H2,1-3H3,(H,22,24)(H,23,25). The number of aryl methyl sites for hydroxylation is 1. The molecule has 0 atom stereocenters. The lowest BCUT2D eigenvalue weighted by Crippen LogP contribution is -2.16. The van der Waals surface area contributed by atoms with Crippen molar-refractivity contribution < 1.29 is 18.0 Å². The van der Waals surface area contributed by atoms with Crippen LogP contribution in [0.4, 0.5) is 11.4 Å². The van der Waals surface area contributed by atoms with Gasteiger partial charge in [-0.05, 0) is 75.6 Å². The average Bonchev–Trinajstić information content (AvgIpc) is 3.49. The van der Waals surface area contributed by atoms with Gasteiger partial charge in [0.25, 0.3) is 5.91 Å². The fourth-order valence-corrected chi connectivity index (χ4v) is 3.75. The molecule has 0 radical (unpaired) electrons. The Morgan fingerprint density at radius 3 is 2.21 bits per heavy atom. The summed E-state index contributed by atoms with van der Waals surface area (Å²) < 4.78 is 24.4. The molecule has 0 aliphatic heterocycles. The third kappa shape index (κ3) is 4.42. The topological polar surface area (TPSA) is 92.3 Å². The number of rotatable bonds is 6. The van der Waals surface area contributed by atoms with Gasteiger partial charge in [-0.3, -0.25) is 9.59 Å². The molecule has 1 saturated carbocycles. The Kier molecular flexibility index (Phi) is 5.56. The Bertz CT molecular complexity index is 1010. The molecule has 0 saturated heterocycles. The van der Waals surface area contributed by atoms with Crippen molar-refractivity contribution in [2.24, 2.45) is 5.92 Å². The molecule has 6 nitrogen and oxygen atoms in total. The highest BCUT2D eigenvalue weighted by Gasteiger charge is 2.29. The lowest BCUT2D eigenvalue weighted by molar-refractivity contribution is -0.117. The van der Waals surface area contributed by atoms with Crippen molar-refractivity contribution in [3.8, 4) is 0 Å². The zero-order valence-electron chi connectivity index (χ0n) is 16.2. The van der Waals surface area contributed by atoms with Crippen LogP contribution in [0, 0.1) is 12.8 Å². The maximum atomic E-state index is 12.6. The summed E-state index contributed by atoms with van der Waals surface area (Å²) in [7, 11) is -3.38. The Morgan fingerprint density at radius 2 is 1.64 bits per heavy atom. The van der Waals surface area contributed by atoms with Gasteiger partial charge in [-0.15, -0.1) is 0 Å². The van der Waals surface area contributed by atoms with Crippen LogP contribution < -0.4 is 10.6 Å². The Hall–Kier alpha value is -2.67. The van der Waals surface area contributed by atoms with Gasteiger partial charge < -0.3 is 10.6 Å². The first-order chi connectivity index (χ1) is 13.2. The van der Waals surface area contributed by atoms with Crippen LogP contribution in [-0.4, -0.2) is 25.5 Å². The molecular formula is C21H24N2O4S. The summed E-state index contributed by atoms with van der Waals surface area (Å²) >= 11 is 0. The molecule has 2 amide bonds. The van der Waals surface area contributed by atoms with E-state index < -0.39 is 15.1 Å². The van der Waals surface area contributed by atoms with E-state index in [0.717, 1.165) is 18.4 Å². The second-order valence-electron chi connectivity index (χ2n) is 7.37. The Labute approximate surface area is 165 Å². The molecule has 1 aliphatic rings. The highest BCUT2D eigenvalue weighted by atomic mass is 32.2. The van der Waals surface area contributed by atoms with Gasteiger partial charge >= 0.3 is 0 Å². The van der Waals surface area contributed by atoms with Crippen molar-refractivity contribution in [2.75, 3.05) is 10.6 Å². The van der Waals surface area contributed by atoms with Gasteiger partial charge in [-0.1, -0.05) is 6.07 Å². The van der Waals surface area contributed by atoms with Gasteiger partial charge in [0.2, 0.25) is 5.91 Å². The molecule has 0 aromatic heterocycles. The minimum absolute atomic E-state index is 0.00285. The SMILES string of the molecule is Cc1ccc(NC(=O)C2CC2)cc1NC(=O)c1ccc(S(=O)(=O)C(C)C)cc1. The summed E-state index contributed by atoms with van der Waals surface area (Å²) in [6.07, 6.45) is 1.84. The van der Waals surface area contributed by atoms with E-state index in [4.69, 9.17) is 0 Å². The predicted molar refractivity (Wildman–Crippen MR) is 109 cm³/mol. The number of anilines is 2. The molecule has 0 spiro atoms. The zero-order chi connectivity index (χ0) is 20.5. The maximum Gasteiger partial charge on any atom is 0.255 e. The van der Waals surface area contributed by atoms with Gasteiger partial charge in [-0.25, -0.2) is 8.42 Å². The van der Waals surface area contributed by atoms with Crippen LogP contribution in [0.15, 0.2) is 47.4 Å². The van der Waals surface area contributed by atoms with Gasteiger partial charge in [0.1, 0.15) is 0 Å². The van der Waals surface area contributed by atoms with E-state index in [1.807, 2.05) is 13.0 Å². The smallest absolute Gasteiger partial charge is 0.255 e. The van der Waals surface area contributed by atoms with Gasteiger partial charge in [0, 0.05) is 22.9 Å². The van der Waals surface area contributed by atoms with Crippen molar-refractivity contribution in [1.29, 1.82) is 0 Å². The number of hydrogen-bond acceptors (Lipinski definition) is 4. The molecular weight excluding hydrogens is 376 g/mol. The van der Waals surface area contributed by atoms with Crippen LogP contribution in [0.1, 0.15) is 42.6 Å². The fourth-order valence-electron chi connectivity index (χ4n) is 2.69. The summed E-state index contributed by atoms with van der Waals surface area (Å²) in [6, 6.07) is 11.3. The summed E-state index contributed by atoms with van der Waals surface area (Å²) in [5.41, 5.74) is 2.44. The first kappa shape index (κ1) is 20.1. The van der Waals surface area contributed by atoms with Crippen LogP contribution in [0.2, 0.25) is 0 Å². The molecule has 0 unspecified atom stereocenters. The second kappa shape index (κ2) is 7.75. The van der Waals surface area contributed by atoms with Gasteiger partial charge in [0.15, 0.2) is 9.84 Å². The zero-order valence-corrected chi connectivity index (χ0v) is 17.0. The summed E-state index contributed by atoms with van der Waals surface area (Å²) in [4.78, 5) is 24.7. The van der Waals surface area contributed by atoms with E-state index in [1.165, 1.54) is 24.3 Å². The molecule has 1 aliphatic carbocycles. The molecule has 0 heterocycles. The van der Waals surface area contributed by atoms with Crippen LogP contribution in [0.3, 0.4) is 0 Å². The van der Waals surface area contributed by atoms with Crippen molar-refractivity contribution in [2.45, 2.75) is 43.8 Å². The molecule has 28 heavy (non-hydrogen) atoms.